The molecule has 4 N–H and O–H groups in total. The molecule has 7 heteroatoms. The first-order valence-corrected chi connectivity index (χ1v) is 3.59. The van der Waals surface area contributed by atoms with Gasteiger partial charge in [-0.05, 0) is 12.8 Å². The first-order chi connectivity index (χ1) is 6.60. The maximum absolute atomic E-state index is 9.79. The van der Waals surface area contributed by atoms with Gasteiger partial charge >= 0.3 is 5.97 Å². The second kappa shape index (κ2) is 22.5. The Labute approximate surface area is 80.6 Å². The second-order valence-corrected chi connectivity index (χ2v) is 1.79. The van der Waals surface area contributed by atoms with Crippen molar-refractivity contribution in [1.82, 2.24) is 0 Å². The molecule has 0 bridgehead atoms. The van der Waals surface area contributed by atoms with Crippen LogP contribution in [0.3, 0.4) is 0 Å². The largest absolute Gasteiger partial charge is 0.483 e. The van der Waals surface area contributed by atoms with Crippen LogP contribution in [-0.4, -0.2) is 45.9 Å². The number of hydrogen-bond acceptors (Lipinski definition) is 4. The zero-order chi connectivity index (χ0) is 11.8. The van der Waals surface area contributed by atoms with Crippen LogP contribution in [0.2, 0.25) is 0 Å². The van der Waals surface area contributed by atoms with Gasteiger partial charge < -0.3 is 20.4 Å². The van der Waals surface area contributed by atoms with Crippen molar-refractivity contribution in [3.8, 4) is 0 Å². The molecule has 0 rings (SSSR count). The van der Waals surface area contributed by atoms with Crippen molar-refractivity contribution in [2.24, 2.45) is 0 Å². The van der Waals surface area contributed by atoms with Gasteiger partial charge in [-0.2, -0.15) is 0 Å². The summed E-state index contributed by atoms with van der Waals surface area (Å²) in [5.74, 6) is -0.793. The summed E-state index contributed by atoms with van der Waals surface area (Å²) in [6, 6.07) is 0. The Bertz CT molecular complexity index is 128. The second-order valence-electron chi connectivity index (χ2n) is 1.79. The Kier molecular flexibility index (Phi) is 29.3. The van der Waals surface area contributed by atoms with Crippen LogP contribution in [0.1, 0.15) is 19.3 Å². The molecule has 0 amide bonds. The molecule has 0 aliphatic rings. The Morgan fingerprint density at radius 3 is 1.64 bits per heavy atom. The molecule has 0 saturated heterocycles. The highest BCUT2D eigenvalue weighted by Gasteiger charge is 1.93. The van der Waals surface area contributed by atoms with Gasteiger partial charge in [0, 0.05) is 13.0 Å². The number of hydrogen-bond donors (Lipinski definition) is 4. The molecule has 0 spiro atoms. The summed E-state index contributed by atoms with van der Waals surface area (Å²) in [7, 11) is 0. The summed E-state index contributed by atoms with van der Waals surface area (Å²) in [4.78, 5) is 26.5. The number of carboxylic acids is 1. The molecule has 0 radical (unpaired) electrons. The van der Waals surface area contributed by atoms with Gasteiger partial charge in [0.15, 0.2) is 0 Å². The van der Waals surface area contributed by atoms with Crippen molar-refractivity contribution >= 4 is 18.9 Å². The van der Waals surface area contributed by atoms with E-state index < -0.39 is 5.97 Å². The molecular weight excluding hydrogens is 196 g/mol. The van der Waals surface area contributed by atoms with Gasteiger partial charge in [0.1, 0.15) is 0 Å². The van der Waals surface area contributed by atoms with E-state index >= 15 is 0 Å². The van der Waals surface area contributed by atoms with E-state index in [-0.39, 0.29) is 26.0 Å². The maximum Gasteiger partial charge on any atom is 0.303 e. The number of aliphatic carboxylic acids is 1. The highest BCUT2D eigenvalue weighted by Crippen LogP contribution is 1.92. The lowest BCUT2D eigenvalue weighted by atomic mass is 10.2. The number of unbranched alkanes of at least 4 members (excludes halogenated alkanes) is 1. The topological polar surface area (TPSA) is 132 Å². The first-order valence-electron chi connectivity index (χ1n) is 3.59. The van der Waals surface area contributed by atoms with E-state index in [2.05, 4.69) is 0 Å². The normalized spacial score (nSPS) is 6.93. The number of aliphatic hydroxyl groups is 1. The van der Waals surface area contributed by atoms with E-state index in [0.717, 1.165) is 0 Å². The predicted octanol–water partition coefficient (Wildman–Crippen LogP) is -0.365. The minimum absolute atomic E-state index is 0.0906. The summed E-state index contributed by atoms with van der Waals surface area (Å²) in [6.45, 7) is -0.409. The van der Waals surface area contributed by atoms with Crippen molar-refractivity contribution in [2.45, 2.75) is 19.3 Å². The smallest absolute Gasteiger partial charge is 0.303 e. The summed E-state index contributed by atoms with van der Waals surface area (Å²) >= 11 is 0. The third kappa shape index (κ3) is 80.2. The Balaban J connectivity index is -0.000000168. The van der Waals surface area contributed by atoms with E-state index in [1.165, 1.54) is 0 Å². The number of rotatable bonds is 4. The lowest BCUT2D eigenvalue weighted by Gasteiger charge is -1.89. The molecule has 0 aliphatic carbocycles. The van der Waals surface area contributed by atoms with Gasteiger partial charge in [-0.25, -0.2) is 0 Å². The summed E-state index contributed by atoms with van der Waals surface area (Å²) in [5.41, 5.74) is 0. The van der Waals surface area contributed by atoms with Gasteiger partial charge in [-0.3, -0.25) is 14.4 Å². The molecule has 14 heavy (non-hydrogen) atoms. The van der Waals surface area contributed by atoms with Crippen molar-refractivity contribution in [2.75, 3.05) is 6.61 Å². The molecule has 0 aromatic carbocycles. The van der Waals surface area contributed by atoms with E-state index in [0.29, 0.717) is 12.8 Å². The van der Waals surface area contributed by atoms with Crippen LogP contribution in [0.15, 0.2) is 0 Å². The third-order valence-corrected chi connectivity index (χ3v) is 0.799. The number of carbonyl (C=O) groups is 3. The third-order valence-electron chi connectivity index (χ3n) is 0.799. The standard InChI is InChI=1S/C5H10O3.2CH2O2/c6-4-2-1-3-5(7)8;2*2-1-3/h6H,1-4H2,(H,7,8);2*1H,(H,2,3). The number of aliphatic hydroxyl groups excluding tert-OH is 1. The molecule has 0 fully saturated rings. The summed E-state index contributed by atoms with van der Waals surface area (Å²) < 4.78 is 0. The first kappa shape index (κ1) is 18.2. The molecule has 0 aliphatic heterocycles. The van der Waals surface area contributed by atoms with Crippen molar-refractivity contribution < 1.29 is 34.8 Å². The molecule has 84 valence electrons. The fourth-order valence-electron chi connectivity index (χ4n) is 0.388. The van der Waals surface area contributed by atoms with Gasteiger partial charge in [0.25, 0.3) is 12.9 Å². The lowest BCUT2D eigenvalue weighted by molar-refractivity contribution is -0.137. The quantitative estimate of drug-likeness (QED) is 0.367. The highest BCUT2D eigenvalue weighted by molar-refractivity contribution is 5.66. The fourth-order valence-corrected chi connectivity index (χ4v) is 0.388. The van der Waals surface area contributed by atoms with Crippen LogP contribution in [0, 0.1) is 0 Å². The van der Waals surface area contributed by atoms with Crippen molar-refractivity contribution in [3.05, 3.63) is 0 Å². The van der Waals surface area contributed by atoms with Gasteiger partial charge in [0.05, 0.1) is 0 Å². The lowest BCUT2D eigenvalue weighted by Crippen LogP contribution is -1.94. The Morgan fingerprint density at radius 2 is 1.43 bits per heavy atom. The van der Waals surface area contributed by atoms with Crippen molar-refractivity contribution in [3.63, 3.8) is 0 Å². The Hall–Kier alpha value is -1.63. The molecule has 0 atom stereocenters. The van der Waals surface area contributed by atoms with E-state index in [1.54, 1.807) is 0 Å². The van der Waals surface area contributed by atoms with Crippen molar-refractivity contribution in [1.29, 1.82) is 0 Å². The average molecular weight is 210 g/mol. The fraction of sp³-hybridized carbons (Fsp3) is 0.571. The zero-order valence-electron chi connectivity index (χ0n) is 7.50. The minimum Gasteiger partial charge on any atom is -0.483 e. The summed E-state index contributed by atoms with van der Waals surface area (Å²) in [6.07, 6.45) is 1.33. The van der Waals surface area contributed by atoms with Crippen LogP contribution >= 0.6 is 0 Å². The zero-order valence-corrected chi connectivity index (χ0v) is 7.50. The Morgan fingerprint density at radius 1 is 1.07 bits per heavy atom. The van der Waals surface area contributed by atoms with E-state index in [9.17, 15) is 4.79 Å². The predicted molar refractivity (Wildman–Crippen MR) is 46.0 cm³/mol. The minimum atomic E-state index is -0.793. The monoisotopic (exact) mass is 210 g/mol. The molecule has 0 saturated carbocycles. The van der Waals surface area contributed by atoms with Crippen LogP contribution in [-0.2, 0) is 14.4 Å². The molecular formula is C7H14O7. The summed E-state index contributed by atoms with van der Waals surface area (Å²) in [5, 5.41) is 30.0. The number of carboxylic acid groups (broad SMARTS) is 3. The maximum atomic E-state index is 9.79. The van der Waals surface area contributed by atoms with E-state index in [4.69, 9.17) is 30.0 Å². The molecule has 0 unspecified atom stereocenters. The highest BCUT2D eigenvalue weighted by atomic mass is 16.4. The van der Waals surface area contributed by atoms with Crippen LogP contribution < -0.4 is 0 Å². The van der Waals surface area contributed by atoms with Crippen LogP contribution in [0.4, 0.5) is 0 Å². The molecule has 7 nitrogen and oxygen atoms in total. The average Bonchev–Trinajstić information content (AvgIpc) is 2.07. The molecule has 0 heterocycles. The van der Waals surface area contributed by atoms with E-state index in [1.807, 2.05) is 0 Å². The van der Waals surface area contributed by atoms with Crippen LogP contribution in [0.5, 0.6) is 0 Å². The van der Waals surface area contributed by atoms with Gasteiger partial charge in [0.2, 0.25) is 0 Å². The SMILES string of the molecule is O=C(O)CCCCO.O=CO.O=CO. The van der Waals surface area contributed by atoms with Gasteiger partial charge in [-0.1, -0.05) is 0 Å². The molecule has 0 aromatic heterocycles. The molecule has 0 aromatic rings. The van der Waals surface area contributed by atoms with Gasteiger partial charge in [-0.15, -0.1) is 0 Å². The van der Waals surface area contributed by atoms with Crippen LogP contribution in [0.25, 0.3) is 0 Å².